The standard InChI is InChI=1S/C6H9NO/c1-3-4-6(2)7-5-8/h2-4H2,1H3. The van der Waals surface area contributed by atoms with Gasteiger partial charge in [-0.05, 0) is 6.42 Å². The third kappa shape index (κ3) is 3.32. The maximum atomic E-state index is 9.54. The molecule has 0 aliphatic carbocycles. The summed E-state index contributed by atoms with van der Waals surface area (Å²) in [4.78, 5) is 12.9. The first-order valence-electron chi connectivity index (χ1n) is 2.57. The summed E-state index contributed by atoms with van der Waals surface area (Å²) in [7, 11) is 0. The highest BCUT2D eigenvalue weighted by molar-refractivity contribution is 5.36. The van der Waals surface area contributed by atoms with Crippen LogP contribution >= 0.6 is 0 Å². The molecule has 0 unspecified atom stereocenters. The highest BCUT2D eigenvalue weighted by Gasteiger charge is 1.83. The van der Waals surface area contributed by atoms with Gasteiger partial charge in [-0.3, -0.25) is 0 Å². The monoisotopic (exact) mass is 111 g/mol. The average molecular weight is 111 g/mol. The maximum Gasteiger partial charge on any atom is 0.240 e. The Bertz CT molecular complexity index is 122. The molecule has 0 saturated carbocycles. The van der Waals surface area contributed by atoms with Crippen LogP contribution in [0.2, 0.25) is 0 Å². The zero-order valence-corrected chi connectivity index (χ0v) is 4.98. The Kier molecular flexibility index (Phi) is 3.81. The van der Waals surface area contributed by atoms with Crippen molar-refractivity contribution in [1.82, 2.24) is 0 Å². The van der Waals surface area contributed by atoms with Crippen molar-refractivity contribution in [1.29, 1.82) is 0 Å². The molecule has 0 atom stereocenters. The molecule has 0 radical (unpaired) electrons. The molecule has 8 heavy (non-hydrogen) atoms. The quantitative estimate of drug-likeness (QED) is 0.402. The van der Waals surface area contributed by atoms with E-state index in [1.165, 1.54) is 6.08 Å². The summed E-state index contributed by atoms with van der Waals surface area (Å²) in [6.07, 6.45) is 3.19. The molecule has 0 rings (SSSR count). The lowest BCUT2D eigenvalue weighted by atomic mass is 10.3. The van der Waals surface area contributed by atoms with E-state index in [-0.39, 0.29) is 0 Å². The van der Waals surface area contributed by atoms with Crippen LogP contribution in [-0.2, 0) is 4.79 Å². The van der Waals surface area contributed by atoms with Crippen LogP contribution in [-0.4, -0.2) is 6.08 Å². The molecule has 0 aromatic rings. The molecule has 0 amide bonds. The topological polar surface area (TPSA) is 29.4 Å². The van der Waals surface area contributed by atoms with E-state index in [0.29, 0.717) is 5.70 Å². The third-order valence-corrected chi connectivity index (χ3v) is 0.742. The van der Waals surface area contributed by atoms with Gasteiger partial charge in [0.15, 0.2) is 0 Å². The number of hydrogen-bond acceptors (Lipinski definition) is 2. The fourth-order valence-corrected chi connectivity index (χ4v) is 0.409. The summed E-state index contributed by atoms with van der Waals surface area (Å²) in [6.45, 7) is 5.51. The lowest BCUT2D eigenvalue weighted by Gasteiger charge is -1.87. The van der Waals surface area contributed by atoms with Crippen LogP contribution in [0.1, 0.15) is 19.8 Å². The molecular weight excluding hydrogens is 102 g/mol. The first-order valence-corrected chi connectivity index (χ1v) is 2.57. The highest BCUT2D eigenvalue weighted by atomic mass is 16.1. The van der Waals surface area contributed by atoms with E-state index >= 15 is 0 Å². The molecule has 0 N–H and O–H groups in total. The van der Waals surface area contributed by atoms with Gasteiger partial charge in [-0.25, -0.2) is 4.79 Å². The molecule has 44 valence electrons. The Morgan fingerprint density at radius 1 is 1.88 bits per heavy atom. The number of rotatable bonds is 3. The van der Waals surface area contributed by atoms with Crippen molar-refractivity contribution in [3.63, 3.8) is 0 Å². The molecule has 2 nitrogen and oxygen atoms in total. The van der Waals surface area contributed by atoms with Gasteiger partial charge in [0.05, 0.1) is 0 Å². The van der Waals surface area contributed by atoms with Gasteiger partial charge in [0, 0.05) is 5.70 Å². The van der Waals surface area contributed by atoms with E-state index in [1.807, 2.05) is 6.92 Å². The number of allylic oxidation sites excluding steroid dienone is 1. The molecule has 0 aliphatic rings. The van der Waals surface area contributed by atoms with Crippen molar-refractivity contribution in [2.45, 2.75) is 19.8 Å². The van der Waals surface area contributed by atoms with Crippen LogP contribution in [0.25, 0.3) is 0 Å². The van der Waals surface area contributed by atoms with Crippen molar-refractivity contribution < 1.29 is 4.79 Å². The molecule has 0 aromatic carbocycles. The van der Waals surface area contributed by atoms with Gasteiger partial charge < -0.3 is 0 Å². The molecule has 0 bridgehead atoms. The summed E-state index contributed by atoms with van der Waals surface area (Å²) in [5.41, 5.74) is 0.613. The summed E-state index contributed by atoms with van der Waals surface area (Å²) in [5, 5.41) is 0. The van der Waals surface area contributed by atoms with E-state index in [9.17, 15) is 4.79 Å². The maximum absolute atomic E-state index is 9.54. The van der Waals surface area contributed by atoms with Crippen LogP contribution in [0.5, 0.6) is 0 Å². The van der Waals surface area contributed by atoms with E-state index < -0.39 is 0 Å². The molecule has 0 aliphatic heterocycles. The molecule has 2 heteroatoms. The zero-order chi connectivity index (χ0) is 6.41. The third-order valence-electron chi connectivity index (χ3n) is 0.742. The fraction of sp³-hybridized carbons (Fsp3) is 0.500. The van der Waals surface area contributed by atoms with Crippen molar-refractivity contribution >= 4 is 6.08 Å². The van der Waals surface area contributed by atoms with E-state index in [4.69, 9.17) is 0 Å². The second kappa shape index (κ2) is 4.28. The van der Waals surface area contributed by atoms with Crippen LogP contribution in [0.3, 0.4) is 0 Å². The summed E-state index contributed by atoms with van der Waals surface area (Å²) < 4.78 is 0. The number of nitrogens with zero attached hydrogens (tertiary/aromatic N) is 1. The van der Waals surface area contributed by atoms with Gasteiger partial charge in [0.2, 0.25) is 6.08 Å². The first-order chi connectivity index (χ1) is 3.81. The van der Waals surface area contributed by atoms with Gasteiger partial charge in [0.25, 0.3) is 0 Å². The predicted molar refractivity (Wildman–Crippen MR) is 32.2 cm³/mol. The Labute approximate surface area is 48.9 Å². The Hall–Kier alpha value is -0.880. The van der Waals surface area contributed by atoms with E-state index in [2.05, 4.69) is 11.6 Å². The van der Waals surface area contributed by atoms with Gasteiger partial charge in [-0.1, -0.05) is 19.9 Å². The predicted octanol–water partition coefficient (Wildman–Crippen LogP) is 1.64. The zero-order valence-electron chi connectivity index (χ0n) is 4.98. The molecule has 0 saturated heterocycles. The van der Waals surface area contributed by atoms with Crippen LogP contribution < -0.4 is 0 Å². The van der Waals surface area contributed by atoms with Crippen LogP contribution in [0.4, 0.5) is 0 Å². The number of isocyanates is 1. The van der Waals surface area contributed by atoms with Crippen molar-refractivity contribution in [2.75, 3.05) is 0 Å². The van der Waals surface area contributed by atoms with E-state index in [1.54, 1.807) is 0 Å². The first kappa shape index (κ1) is 7.12. The second-order valence-electron chi connectivity index (χ2n) is 1.52. The largest absolute Gasteiger partial charge is 0.240 e. The Balaban J connectivity index is 3.49. The second-order valence-corrected chi connectivity index (χ2v) is 1.52. The fourth-order valence-electron chi connectivity index (χ4n) is 0.409. The van der Waals surface area contributed by atoms with Gasteiger partial charge in [0.1, 0.15) is 0 Å². The number of carbonyl (C=O) groups excluding carboxylic acids is 1. The van der Waals surface area contributed by atoms with Crippen LogP contribution in [0.15, 0.2) is 17.3 Å². The Morgan fingerprint density at radius 3 is 2.88 bits per heavy atom. The molecule has 0 heterocycles. The van der Waals surface area contributed by atoms with Gasteiger partial charge >= 0.3 is 0 Å². The lowest BCUT2D eigenvalue weighted by Crippen LogP contribution is -1.71. The highest BCUT2D eigenvalue weighted by Crippen LogP contribution is 1.99. The van der Waals surface area contributed by atoms with Gasteiger partial charge in [-0.15, -0.1) is 0 Å². The van der Waals surface area contributed by atoms with Crippen LogP contribution in [0, 0.1) is 0 Å². The molecule has 0 spiro atoms. The van der Waals surface area contributed by atoms with Crippen molar-refractivity contribution in [3.05, 3.63) is 12.3 Å². The van der Waals surface area contributed by atoms with Gasteiger partial charge in [-0.2, -0.15) is 4.99 Å². The minimum atomic E-state index is 0.613. The summed E-state index contributed by atoms with van der Waals surface area (Å²) >= 11 is 0. The summed E-state index contributed by atoms with van der Waals surface area (Å²) in [6, 6.07) is 0. The minimum Gasteiger partial charge on any atom is -0.211 e. The number of aliphatic imine (C=N–C) groups is 1. The van der Waals surface area contributed by atoms with Crippen molar-refractivity contribution in [3.8, 4) is 0 Å². The average Bonchev–Trinajstić information content (AvgIpc) is 1.68. The smallest absolute Gasteiger partial charge is 0.211 e. The van der Waals surface area contributed by atoms with E-state index in [0.717, 1.165) is 12.8 Å². The number of hydrogen-bond donors (Lipinski definition) is 0. The molecule has 0 fully saturated rings. The summed E-state index contributed by atoms with van der Waals surface area (Å²) in [5.74, 6) is 0. The molecular formula is C6H9NO. The normalized spacial score (nSPS) is 7.62. The molecule has 0 aromatic heterocycles. The minimum absolute atomic E-state index is 0.613. The SMILES string of the molecule is C=C(CCC)N=C=O. The lowest BCUT2D eigenvalue weighted by molar-refractivity contribution is 0.564. The Morgan fingerprint density at radius 2 is 2.50 bits per heavy atom. The van der Waals surface area contributed by atoms with Crippen molar-refractivity contribution in [2.24, 2.45) is 4.99 Å².